The molecule has 1 aromatic carbocycles. The zero-order valence-electron chi connectivity index (χ0n) is 17.3. The molecule has 3 fully saturated rings. The Morgan fingerprint density at radius 2 is 1.62 bits per heavy atom. The SMILES string of the molecule is O=C(CCC1CCN(C(=O)[C@H]2CCCO2)CC1)N1CCN(c2ccccc2)CC1. The van der Waals surface area contributed by atoms with E-state index in [4.69, 9.17) is 4.74 Å². The first-order chi connectivity index (χ1) is 14.2. The van der Waals surface area contributed by atoms with Crippen LogP contribution in [0.5, 0.6) is 0 Å². The first-order valence-electron chi connectivity index (χ1n) is 11.2. The molecule has 0 aromatic heterocycles. The minimum Gasteiger partial charge on any atom is -0.368 e. The van der Waals surface area contributed by atoms with Gasteiger partial charge in [-0.25, -0.2) is 0 Å². The Hall–Kier alpha value is -2.08. The van der Waals surface area contributed by atoms with Crippen LogP contribution >= 0.6 is 0 Å². The molecule has 0 N–H and O–H groups in total. The second-order valence-corrected chi connectivity index (χ2v) is 8.51. The number of piperazine rings is 1. The molecule has 3 heterocycles. The van der Waals surface area contributed by atoms with Gasteiger partial charge in [-0.15, -0.1) is 0 Å². The van der Waals surface area contributed by atoms with Gasteiger partial charge in [0.1, 0.15) is 6.10 Å². The number of ether oxygens (including phenoxy) is 1. The number of likely N-dealkylation sites (tertiary alicyclic amines) is 1. The number of carbonyl (C=O) groups excluding carboxylic acids is 2. The van der Waals surface area contributed by atoms with Gasteiger partial charge in [0.2, 0.25) is 5.91 Å². The number of amides is 2. The zero-order valence-corrected chi connectivity index (χ0v) is 17.3. The van der Waals surface area contributed by atoms with Gasteiger partial charge in [0.15, 0.2) is 0 Å². The highest BCUT2D eigenvalue weighted by molar-refractivity contribution is 5.81. The molecule has 1 aromatic rings. The summed E-state index contributed by atoms with van der Waals surface area (Å²) in [5.74, 6) is 1.02. The normalized spacial score (nSPS) is 23.4. The lowest BCUT2D eigenvalue weighted by Gasteiger charge is -2.37. The molecule has 29 heavy (non-hydrogen) atoms. The zero-order chi connectivity index (χ0) is 20.1. The van der Waals surface area contributed by atoms with Crippen molar-refractivity contribution in [2.75, 3.05) is 50.8 Å². The summed E-state index contributed by atoms with van der Waals surface area (Å²) in [5.41, 5.74) is 1.24. The van der Waals surface area contributed by atoms with Crippen molar-refractivity contribution in [1.29, 1.82) is 0 Å². The molecular weight excluding hydrogens is 366 g/mol. The Labute approximate surface area is 173 Å². The Morgan fingerprint density at radius 3 is 2.28 bits per heavy atom. The van der Waals surface area contributed by atoms with Crippen LogP contribution in [0, 0.1) is 5.92 Å². The van der Waals surface area contributed by atoms with Gasteiger partial charge < -0.3 is 19.4 Å². The van der Waals surface area contributed by atoms with Crippen LogP contribution in [0.3, 0.4) is 0 Å². The number of piperidine rings is 1. The molecule has 3 aliphatic heterocycles. The van der Waals surface area contributed by atoms with Crippen molar-refractivity contribution in [3.63, 3.8) is 0 Å². The standard InChI is InChI=1S/C23H33N3O3/c27-22(25-16-14-24(15-17-25)20-5-2-1-3-6-20)9-8-19-10-12-26(13-11-19)23(28)21-7-4-18-29-21/h1-3,5-6,19,21H,4,7-18H2/t21-/m1/s1. The maximum absolute atomic E-state index is 12.7. The monoisotopic (exact) mass is 399 g/mol. The van der Waals surface area contributed by atoms with E-state index in [9.17, 15) is 9.59 Å². The van der Waals surface area contributed by atoms with Crippen molar-refractivity contribution < 1.29 is 14.3 Å². The molecule has 0 saturated carbocycles. The van der Waals surface area contributed by atoms with Gasteiger partial charge in [0.05, 0.1) is 0 Å². The smallest absolute Gasteiger partial charge is 0.251 e. The lowest BCUT2D eigenvalue weighted by Crippen LogP contribution is -2.49. The van der Waals surface area contributed by atoms with Crippen molar-refractivity contribution in [1.82, 2.24) is 9.80 Å². The van der Waals surface area contributed by atoms with E-state index in [0.717, 1.165) is 71.4 Å². The fraction of sp³-hybridized carbons (Fsp3) is 0.652. The van der Waals surface area contributed by atoms with Gasteiger partial charge in [-0.3, -0.25) is 9.59 Å². The van der Waals surface area contributed by atoms with Gasteiger partial charge in [-0.2, -0.15) is 0 Å². The number of carbonyl (C=O) groups is 2. The molecule has 0 bridgehead atoms. The lowest BCUT2D eigenvalue weighted by molar-refractivity contribution is -0.142. The van der Waals surface area contributed by atoms with Gasteiger partial charge in [0, 0.05) is 58.0 Å². The molecule has 158 valence electrons. The molecule has 6 heteroatoms. The van der Waals surface area contributed by atoms with E-state index in [1.807, 2.05) is 15.9 Å². The summed E-state index contributed by atoms with van der Waals surface area (Å²) < 4.78 is 5.53. The minimum absolute atomic E-state index is 0.174. The van der Waals surface area contributed by atoms with E-state index in [1.165, 1.54) is 5.69 Å². The molecule has 2 amide bonds. The molecule has 0 spiro atoms. The summed E-state index contributed by atoms with van der Waals surface area (Å²) in [5, 5.41) is 0. The van der Waals surface area contributed by atoms with E-state index >= 15 is 0 Å². The molecule has 0 radical (unpaired) electrons. The highest BCUT2D eigenvalue weighted by Crippen LogP contribution is 2.25. The molecule has 4 rings (SSSR count). The quantitative estimate of drug-likeness (QED) is 0.764. The number of hydrogen-bond donors (Lipinski definition) is 0. The predicted molar refractivity (Wildman–Crippen MR) is 113 cm³/mol. The third-order valence-electron chi connectivity index (χ3n) is 6.65. The molecule has 3 aliphatic rings. The van der Waals surface area contributed by atoms with Crippen LogP contribution in [0.2, 0.25) is 0 Å². The van der Waals surface area contributed by atoms with Crippen LogP contribution in [0.1, 0.15) is 38.5 Å². The molecular formula is C23H33N3O3. The predicted octanol–water partition coefficient (Wildman–Crippen LogP) is 2.53. The largest absolute Gasteiger partial charge is 0.368 e. The Balaban J connectivity index is 1.15. The van der Waals surface area contributed by atoms with Crippen LogP contribution in [-0.4, -0.2) is 73.6 Å². The van der Waals surface area contributed by atoms with Crippen LogP contribution < -0.4 is 4.90 Å². The third kappa shape index (κ3) is 5.10. The number of para-hydroxylation sites is 1. The van der Waals surface area contributed by atoms with Gasteiger partial charge >= 0.3 is 0 Å². The van der Waals surface area contributed by atoms with Gasteiger partial charge in [0.25, 0.3) is 5.91 Å². The molecule has 1 atom stereocenters. The summed E-state index contributed by atoms with van der Waals surface area (Å²) in [6.45, 7) is 5.76. The number of anilines is 1. The molecule has 6 nitrogen and oxygen atoms in total. The van der Waals surface area contributed by atoms with Crippen molar-refractivity contribution in [2.24, 2.45) is 5.92 Å². The van der Waals surface area contributed by atoms with Crippen LogP contribution in [-0.2, 0) is 14.3 Å². The van der Waals surface area contributed by atoms with E-state index < -0.39 is 0 Å². The van der Waals surface area contributed by atoms with Gasteiger partial charge in [-0.05, 0) is 50.2 Å². The second kappa shape index (κ2) is 9.61. The van der Waals surface area contributed by atoms with E-state index in [0.29, 0.717) is 18.9 Å². The van der Waals surface area contributed by atoms with E-state index in [-0.39, 0.29) is 17.9 Å². The maximum atomic E-state index is 12.7. The van der Waals surface area contributed by atoms with Gasteiger partial charge in [-0.1, -0.05) is 18.2 Å². The Bertz CT molecular complexity index is 674. The summed E-state index contributed by atoms with van der Waals surface area (Å²) in [7, 11) is 0. The van der Waals surface area contributed by atoms with Crippen LogP contribution in [0.4, 0.5) is 5.69 Å². The Morgan fingerprint density at radius 1 is 0.897 bits per heavy atom. The fourth-order valence-corrected chi connectivity index (χ4v) is 4.76. The molecule has 0 unspecified atom stereocenters. The minimum atomic E-state index is -0.206. The average molecular weight is 400 g/mol. The summed E-state index contributed by atoms with van der Waals surface area (Å²) in [6, 6.07) is 10.4. The van der Waals surface area contributed by atoms with E-state index in [1.54, 1.807) is 0 Å². The molecule has 3 saturated heterocycles. The Kier molecular flexibility index (Phi) is 6.70. The first kappa shape index (κ1) is 20.2. The second-order valence-electron chi connectivity index (χ2n) is 8.51. The summed E-state index contributed by atoms with van der Waals surface area (Å²) >= 11 is 0. The van der Waals surface area contributed by atoms with Crippen LogP contribution in [0.15, 0.2) is 30.3 Å². The summed E-state index contributed by atoms with van der Waals surface area (Å²) in [4.78, 5) is 31.4. The third-order valence-corrected chi connectivity index (χ3v) is 6.65. The maximum Gasteiger partial charge on any atom is 0.251 e. The molecule has 0 aliphatic carbocycles. The van der Waals surface area contributed by atoms with Crippen molar-refractivity contribution in [2.45, 2.75) is 44.6 Å². The number of hydrogen-bond acceptors (Lipinski definition) is 4. The number of benzene rings is 1. The van der Waals surface area contributed by atoms with Crippen molar-refractivity contribution in [3.05, 3.63) is 30.3 Å². The number of nitrogens with zero attached hydrogens (tertiary/aromatic N) is 3. The average Bonchev–Trinajstić information content (AvgIpc) is 3.33. The lowest BCUT2D eigenvalue weighted by atomic mass is 9.91. The van der Waals surface area contributed by atoms with Crippen molar-refractivity contribution >= 4 is 17.5 Å². The number of rotatable bonds is 5. The van der Waals surface area contributed by atoms with Crippen molar-refractivity contribution in [3.8, 4) is 0 Å². The fourth-order valence-electron chi connectivity index (χ4n) is 4.76. The van der Waals surface area contributed by atoms with Crippen LogP contribution in [0.25, 0.3) is 0 Å². The highest BCUT2D eigenvalue weighted by Gasteiger charge is 2.31. The highest BCUT2D eigenvalue weighted by atomic mass is 16.5. The topological polar surface area (TPSA) is 53.1 Å². The van der Waals surface area contributed by atoms with E-state index in [2.05, 4.69) is 29.2 Å². The first-order valence-corrected chi connectivity index (χ1v) is 11.2. The summed E-state index contributed by atoms with van der Waals surface area (Å²) in [6.07, 6.45) is 5.25.